The summed E-state index contributed by atoms with van der Waals surface area (Å²) in [6, 6.07) is 1.45. The number of nitrogens with zero attached hydrogens (tertiary/aromatic N) is 1. The van der Waals surface area contributed by atoms with E-state index in [1.165, 1.54) is 18.5 Å². The maximum atomic E-state index is 12.0. The summed E-state index contributed by atoms with van der Waals surface area (Å²) in [4.78, 5) is 3.96. The van der Waals surface area contributed by atoms with E-state index in [1.807, 2.05) is 20.8 Å². The Bertz CT molecular complexity index is 461. The Kier molecular flexibility index (Phi) is 3.57. The maximum Gasteiger partial charge on any atom is 0.180 e. The van der Waals surface area contributed by atoms with Gasteiger partial charge in [-0.2, -0.15) is 0 Å². The molecule has 0 saturated heterocycles. The average molecular weight is 242 g/mol. The lowest BCUT2D eigenvalue weighted by Gasteiger charge is -2.17. The van der Waals surface area contributed by atoms with Crippen LogP contribution in [0.2, 0.25) is 0 Å². The highest BCUT2D eigenvalue weighted by Crippen LogP contribution is 2.24. The second-order valence-electron chi connectivity index (χ2n) is 5.04. The van der Waals surface area contributed by atoms with Crippen molar-refractivity contribution >= 4 is 15.5 Å². The van der Waals surface area contributed by atoms with Crippen LogP contribution in [-0.4, -0.2) is 19.2 Å². The number of nitrogens with two attached hydrogens (primary N) is 1. The Labute approximate surface area is 96.8 Å². The van der Waals surface area contributed by atoms with E-state index in [0.717, 1.165) is 0 Å². The Hall–Kier alpha value is -1.10. The zero-order valence-corrected chi connectivity index (χ0v) is 10.7. The first-order valence-electron chi connectivity index (χ1n) is 5.15. The molecule has 16 heavy (non-hydrogen) atoms. The van der Waals surface area contributed by atoms with Gasteiger partial charge in [-0.25, -0.2) is 8.42 Å². The van der Waals surface area contributed by atoms with Gasteiger partial charge in [0.05, 0.1) is 22.5 Å². The van der Waals surface area contributed by atoms with E-state index in [-0.39, 0.29) is 21.8 Å². The summed E-state index contributed by atoms with van der Waals surface area (Å²) in [5.74, 6) is 0.116. The van der Waals surface area contributed by atoms with Crippen molar-refractivity contribution in [1.82, 2.24) is 4.98 Å². The molecular weight excluding hydrogens is 224 g/mol. The van der Waals surface area contributed by atoms with Crippen LogP contribution in [0.3, 0.4) is 0 Å². The molecule has 0 aliphatic heterocycles. The second kappa shape index (κ2) is 4.41. The normalized spacial score (nSPS) is 12.7. The lowest BCUT2D eigenvalue weighted by molar-refractivity contribution is 0.397. The van der Waals surface area contributed by atoms with E-state index in [2.05, 4.69) is 4.98 Å². The van der Waals surface area contributed by atoms with Crippen LogP contribution in [-0.2, 0) is 9.84 Å². The Morgan fingerprint density at radius 1 is 1.38 bits per heavy atom. The molecule has 4 nitrogen and oxygen atoms in total. The van der Waals surface area contributed by atoms with Crippen molar-refractivity contribution in [3.8, 4) is 0 Å². The number of nitrogen functional groups attached to an aromatic ring is 1. The van der Waals surface area contributed by atoms with Crippen LogP contribution < -0.4 is 5.73 Å². The number of aromatic nitrogens is 1. The fourth-order valence-electron chi connectivity index (χ4n) is 1.23. The summed E-state index contributed by atoms with van der Waals surface area (Å²) in [6.45, 7) is 6.04. The molecule has 0 aliphatic carbocycles. The van der Waals surface area contributed by atoms with Crippen LogP contribution >= 0.6 is 0 Å². The number of sulfone groups is 1. The molecule has 0 unspecified atom stereocenters. The molecule has 2 N–H and O–H groups in total. The van der Waals surface area contributed by atoms with E-state index in [9.17, 15) is 8.42 Å². The molecule has 0 atom stereocenters. The van der Waals surface area contributed by atoms with Crippen molar-refractivity contribution in [2.75, 3.05) is 11.5 Å². The Balaban J connectivity index is 2.92. The van der Waals surface area contributed by atoms with Gasteiger partial charge in [-0.1, -0.05) is 20.8 Å². The van der Waals surface area contributed by atoms with Crippen LogP contribution in [0.1, 0.15) is 27.2 Å². The summed E-state index contributed by atoms with van der Waals surface area (Å²) >= 11 is 0. The zero-order chi connectivity index (χ0) is 12.4. The molecule has 0 spiro atoms. The molecule has 1 aromatic rings. The molecule has 1 heterocycles. The topological polar surface area (TPSA) is 73.0 Å². The van der Waals surface area contributed by atoms with E-state index in [4.69, 9.17) is 5.73 Å². The number of anilines is 1. The predicted octanol–water partition coefficient (Wildman–Crippen LogP) is 1.87. The third kappa shape index (κ3) is 3.48. The number of rotatable bonds is 3. The summed E-state index contributed by atoms with van der Waals surface area (Å²) in [5.41, 5.74) is 5.82. The van der Waals surface area contributed by atoms with Gasteiger partial charge < -0.3 is 5.73 Å². The molecule has 0 fully saturated rings. The minimum atomic E-state index is -3.29. The molecule has 1 rings (SSSR count). The Morgan fingerprint density at radius 3 is 2.50 bits per heavy atom. The largest absolute Gasteiger partial charge is 0.396 e. The second-order valence-corrected chi connectivity index (χ2v) is 7.12. The molecule has 90 valence electrons. The summed E-state index contributed by atoms with van der Waals surface area (Å²) in [6.07, 6.45) is 3.42. The van der Waals surface area contributed by atoms with E-state index in [0.29, 0.717) is 6.42 Å². The van der Waals surface area contributed by atoms with Crippen LogP contribution in [0.4, 0.5) is 5.69 Å². The van der Waals surface area contributed by atoms with Crippen molar-refractivity contribution in [2.45, 2.75) is 32.1 Å². The maximum absolute atomic E-state index is 12.0. The highest BCUT2D eigenvalue weighted by atomic mass is 32.2. The molecule has 1 aromatic heterocycles. The van der Waals surface area contributed by atoms with Crippen LogP contribution in [0.5, 0.6) is 0 Å². The first-order chi connectivity index (χ1) is 7.22. The first-order valence-corrected chi connectivity index (χ1v) is 6.80. The number of hydrogen-bond acceptors (Lipinski definition) is 4. The molecular formula is C11H18N2O2S. The van der Waals surface area contributed by atoms with Gasteiger partial charge in [-0.15, -0.1) is 0 Å². The van der Waals surface area contributed by atoms with Gasteiger partial charge in [0.25, 0.3) is 0 Å². The minimum Gasteiger partial charge on any atom is -0.396 e. The predicted molar refractivity (Wildman–Crippen MR) is 64.8 cm³/mol. The van der Waals surface area contributed by atoms with Gasteiger partial charge in [0.1, 0.15) is 0 Å². The monoisotopic (exact) mass is 242 g/mol. The van der Waals surface area contributed by atoms with E-state index in [1.54, 1.807) is 0 Å². The standard InChI is InChI=1S/C11H18N2O2S/c1-11(2,3)5-7-16(14,15)10-4-6-13-8-9(10)12/h4,6,8H,5,7,12H2,1-3H3. The smallest absolute Gasteiger partial charge is 0.180 e. The SMILES string of the molecule is CC(C)(C)CCS(=O)(=O)c1ccncc1N. The quantitative estimate of drug-likeness (QED) is 0.878. The molecule has 0 radical (unpaired) electrons. The van der Waals surface area contributed by atoms with E-state index < -0.39 is 9.84 Å². The highest BCUT2D eigenvalue weighted by Gasteiger charge is 2.21. The van der Waals surface area contributed by atoms with Gasteiger partial charge in [-0.05, 0) is 17.9 Å². The van der Waals surface area contributed by atoms with Crippen LogP contribution in [0.25, 0.3) is 0 Å². The lowest BCUT2D eigenvalue weighted by Crippen LogP contribution is -2.16. The van der Waals surface area contributed by atoms with Crippen molar-refractivity contribution in [3.63, 3.8) is 0 Å². The van der Waals surface area contributed by atoms with Gasteiger partial charge in [0, 0.05) is 6.20 Å². The van der Waals surface area contributed by atoms with Gasteiger partial charge >= 0.3 is 0 Å². The molecule has 0 saturated carbocycles. The molecule has 5 heteroatoms. The fraction of sp³-hybridized carbons (Fsp3) is 0.545. The first kappa shape index (κ1) is 13.0. The highest BCUT2D eigenvalue weighted by molar-refractivity contribution is 7.91. The third-order valence-corrected chi connectivity index (χ3v) is 4.05. The van der Waals surface area contributed by atoms with Crippen LogP contribution in [0.15, 0.2) is 23.4 Å². The van der Waals surface area contributed by atoms with E-state index >= 15 is 0 Å². The molecule has 0 aromatic carbocycles. The van der Waals surface area contributed by atoms with Crippen LogP contribution in [0, 0.1) is 5.41 Å². The van der Waals surface area contributed by atoms with Crippen molar-refractivity contribution in [2.24, 2.45) is 5.41 Å². The van der Waals surface area contributed by atoms with Crippen molar-refractivity contribution < 1.29 is 8.42 Å². The minimum absolute atomic E-state index is 0.00510. The fourth-order valence-corrected chi connectivity index (χ4v) is 3.01. The summed E-state index contributed by atoms with van der Waals surface area (Å²) in [7, 11) is -3.29. The number of pyridine rings is 1. The molecule has 0 amide bonds. The molecule has 0 bridgehead atoms. The van der Waals surface area contributed by atoms with Crippen molar-refractivity contribution in [3.05, 3.63) is 18.5 Å². The summed E-state index contributed by atoms with van der Waals surface area (Å²) < 4.78 is 24.0. The van der Waals surface area contributed by atoms with Gasteiger partial charge in [0.2, 0.25) is 0 Å². The van der Waals surface area contributed by atoms with Gasteiger partial charge in [0.15, 0.2) is 9.84 Å². The lowest BCUT2D eigenvalue weighted by atomic mass is 9.94. The van der Waals surface area contributed by atoms with Gasteiger partial charge in [-0.3, -0.25) is 4.98 Å². The van der Waals surface area contributed by atoms with Crippen molar-refractivity contribution in [1.29, 1.82) is 0 Å². The Morgan fingerprint density at radius 2 is 2.00 bits per heavy atom. The third-order valence-electron chi connectivity index (χ3n) is 2.27. The molecule has 0 aliphatic rings. The average Bonchev–Trinajstić information content (AvgIpc) is 2.14. The summed E-state index contributed by atoms with van der Waals surface area (Å²) in [5, 5.41) is 0. The zero-order valence-electron chi connectivity index (χ0n) is 9.90. The number of hydrogen-bond donors (Lipinski definition) is 1.